The van der Waals surface area contributed by atoms with Crippen molar-refractivity contribution < 1.29 is 17.6 Å². The van der Waals surface area contributed by atoms with Crippen LogP contribution in [-0.4, -0.2) is 15.0 Å². The van der Waals surface area contributed by atoms with Crippen LogP contribution >= 0.6 is 0 Å². The van der Waals surface area contributed by atoms with Crippen LogP contribution in [0, 0.1) is 5.95 Å². The summed E-state index contributed by atoms with van der Waals surface area (Å²) in [6.07, 6.45) is -1.47. The van der Waals surface area contributed by atoms with E-state index in [0.717, 1.165) is 19.3 Å². The first kappa shape index (κ1) is 12.9. The molecule has 92 valence electrons. The number of hydrogen-bond acceptors (Lipinski definition) is 2. The van der Waals surface area contributed by atoms with Crippen LogP contribution in [-0.2, 0) is 12.7 Å². The Hall–Kier alpha value is -1.14. The minimum atomic E-state index is -4.74. The third-order valence-corrected chi connectivity index (χ3v) is 2.19. The van der Waals surface area contributed by atoms with Crippen molar-refractivity contribution in [1.82, 2.24) is 15.0 Å². The number of alkyl halides is 3. The van der Waals surface area contributed by atoms with Crippen LogP contribution in [0.25, 0.3) is 0 Å². The van der Waals surface area contributed by atoms with E-state index in [0.29, 0.717) is 11.1 Å². The van der Waals surface area contributed by atoms with Gasteiger partial charge in [-0.2, -0.15) is 17.6 Å². The lowest BCUT2D eigenvalue weighted by Crippen LogP contribution is -2.16. The molecule has 3 nitrogen and oxygen atoms in total. The van der Waals surface area contributed by atoms with E-state index < -0.39 is 17.8 Å². The van der Waals surface area contributed by atoms with Crippen LogP contribution in [0.3, 0.4) is 0 Å². The molecule has 0 aromatic carbocycles. The molecule has 1 rings (SSSR count). The molecule has 1 aromatic heterocycles. The quantitative estimate of drug-likeness (QED) is 0.584. The Morgan fingerprint density at radius 2 is 1.88 bits per heavy atom. The zero-order chi connectivity index (χ0) is 12.2. The van der Waals surface area contributed by atoms with Gasteiger partial charge in [0.2, 0.25) is 0 Å². The highest BCUT2D eigenvalue weighted by Gasteiger charge is 2.39. The number of hydrogen-bond donors (Lipinski definition) is 0. The van der Waals surface area contributed by atoms with E-state index in [9.17, 15) is 17.6 Å². The maximum atomic E-state index is 12.8. The van der Waals surface area contributed by atoms with E-state index in [1.54, 1.807) is 0 Å². The van der Waals surface area contributed by atoms with Crippen LogP contribution in [0.5, 0.6) is 0 Å². The van der Waals surface area contributed by atoms with Gasteiger partial charge < -0.3 is 0 Å². The molecule has 0 saturated carbocycles. The molecule has 0 aliphatic carbocycles. The van der Waals surface area contributed by atoms with E-state index in [4.69, 9.17) is 0 Å². The van der Waals surface area contributed by atoms with Crippen LogP contribution in [0.15, 0.2) is 0 Å². The number of halogens is 4. The van der Waals surface area contributed by atoms with Crippen molar-refractivity contribution in [2.24, 2.45) is 0 Å². The van der Waals surface area contributed by atoms with Crippen LogP contribution in [0.4, 0.5) is 17.6 Å². The smallest absolute Gasteiger partial charge is 0.237 e. The maximum Gasteiger partial charge on any atom is 0.437 e. The predicted octanol–water partition coefficient (Wildman–Crippen LogP) is 3.02. The molecule has 1 aromatic rings. The Balaban J connectivity index is 2.66. The number of aromatic nitrogens is 3. The zero-order valence-corrected chi connectivity index (χ0v) is 8.89. The van der Waals surface area contributed by atoms with Gasteiger partial charge in [-0.1, -0.05) is 36.5 Å². The topological polar surface area (TPSA) is 30.7 Å². The fraction of sp³-hybridized carbons (Fsp3) is 0.778. The molecular weight excluding hydrogens is 226 g/mol. The second-order valence-electron chi connectivity index (χ2n) is 3.51. The average molecular weight is 239 g/mol. The minimum absolute atomic E-state index is 0.0474. The molecule has 0 N–H and O–H groups in total. The molecule has 1 heterocycles. The molecule has 0 spiro atoms. The zero-order valence-electron chi connectivity index (χ0n) is 8.89. The second-order valence-corrected chi connectivity index (χ2v) is 3.51. The van der Waals surface area contributed by atoms with Gasteiger partial charge in [0.25, 0.3) is 5.95 Å². The first-order valence-electron chi connectivity index (χ1n) is 5.13. The van der Waals surface area contributed by atoms with E-state index in [2.05, 4.69) is 10.3 Å². The van der Waals surface area contributed by atoms with Crippen molar-refractivity contribution in [3.63, 3.8) is 0 Å². The number of aryl methyl sites for hydroxylation is 1. The molecule has 7 heteroatoms. The van der Waals surface area contributed by atoms with E-state index in [1.165, 1.54) is 0 Å². The third-order valence-electron chi connectivity index (χ3n) is 2.19. The van der Waals surface area contributed by atoms with Crippen molar-refractivity contribution in [3.05, 3.63) is 11.6 Å². The molecule has 0 amide bonds. The molecule has 0 radical (unpaired) electrons. The predicted molar refractivity (Wildman–Crippen MR) is 49.1 cm³/mol. The molecule has 16 heavy (non-hydrogen) atoms. The van der Waals surface area contributed by atoms with Gasteiger partial charge in [-0.3, -0.25) is 0 Å². The van der Waals surface area contributed by atoms with Gasteiger partial charge in [-0.05, 0) is 6.42 Å². The van der Waals surface area contributed by atoms with E-state index >= 15 is 0 Å². The van der Waals surface area contributed by atoms with Gasteiger partial charge in [0, 0.05) is 6.54 Å². The SMILES string of the molecule is CCCCCCn1nnc(F)c1C(F)(F)F. The molecule has 0 saturated heterocycles. The normalized spacial score (nSPS) is 12.1. The van der Waals surface area contributed by atoms with Crippen LogP contribution < -0.4 is 0 Å². The van der Waals surface area contributed by atoms with Crippen molar-refractivity contribution in [2.45, 2.75) is 45.3 Å². The Kier molecular flexibility index (Phi) is 4.26. The highest BCUT2D eigenvalue weighted by Crippen LogP contribution is 2.30. The maximum absolute atomic E-state index is 12.8. The summed E-state index contributed by atoms with van der Waals surface area (Å²) in [5.74, 6) is -1.55. The van der Waals surface area contributed by atoms with Gasteiger partial charge in [0.05, 0.1) is 0 Å². The first-order valence-corrected chi connectivity index (χ1v) is 5.13. The summed E-state index contributed by atoms with van der Waals surface area (Å²) in [7, 11) is 0. The van der Waals surface area contributed by atoms with Crippen molar-refractivity contribution in [1.29, 1.82) is 0 Å². The lowest BCUT2D eigenvalue weighted by molar-refractivity contribution is -0.146. The lowest BCUT2D eigenvalue weighted by atomic mass is 10.2. The van der Waals surface area contributed by atoms with Gasteiger partial charge in [0.15, 0.2) is 5.69 Å². The summed E-state index contributed by atoms with van der Waals surface area (Å²) >= 11 is 0. The summed E-state index contributed by atoms with van der Waals surface area (Å²) in [4.78, 5) is 0. The molecule has 0 fully saturated rings. The van der Waals surface area contributed by atoms with Crippen molar-refractivity contribution >= 4 is 0 Å². The summed E-state index contributed by atoms with van der Waals surface area (Å²) < 4.78 is 50.5. The van der Waals surface area contributed by atoms with Crippen molar-refractivity contribution in [3.8, 4) is 0 Å². The molecular formula is C9H13F4N3. The largest absolute Gasteiger partial charge is 0.437 e. The fourth-order valence-electron chi connectivity index (χ4n) is 1.40. The molecule has 0 atom stereocenters. The average Bonchev–Trinajstić information content (AvgIpc) is 2.54. The van der Waals surface area contributed by atoms with Gasteiger partial charge >= 0.3 is 6.18 Å². The Morgan fingerprint density at radius 3 is 2.44 bits per heavy atom. The highest BCUT2D eigenvalue weighted by molar-refractivity contribution is 5.02. The molecule has 0 aliphatic heterocycles. The summed E-state index contributed by atoms with van der Waals surface area (Å²) in [5, 5.41) is 5.96. The van der Waals surface area contributed by atoms with E-state index in [-0.39, 0.29) is 6.54 Å². The van der Waals surface area contributed by atoms with Gasteiger partial charge in [-0.15, -0.1) is 0 Å². The first-order chi connectivity index (χ1) is 7.46. The van der Waals surface area contributed by atoms with E-state index in [1.807, 2.05) is 6.92 Å². The summed E-state index contributed by atoms with van der Waals surface area (Å²) in [5.41, 5.74) is -1.39. The van der Waals surface area contributed by atoms with Gasteiger partial charge in [0.1, 0.15) is 0 Å². The number of unbranched alkanes of at least 4 members (excludes halogenated alkanes) is 3. The fourth-order valence-corrected chi connectivity index (χ4v) is 1.40. The summed E-state index contributed by atoms with van der Waals surface area (Å²) in [6, 6.07) is 0. The van der Waals surface area contributed by atoms with Crippen molar-refractivity contribution in [2.75, 3.05) is 0 Å². The molecule has 0 bridgehead atoms. The monoisotopic (exact) mass is 239 g/mol. The number of rotatable bonds is 5. The Morgan fingerprint density at radius 1 is 1.19 bits per heavy atom. The lowest BCUT2D eigenvalue weighted by Gasteiger charge is -2.08. The van der Waals surface area contributed by atoms with Crippen LogP contribution in [0.1, 0.15) is 38.3 Å². The third kappa shape index (κ3) is 3.18. The van der Waals surface area contributed by atoms with Crippen LogP contribution in [0.2, 0.25) is 0 Å². The molecule has 0 aliphatic rings. The highest BCUT2D eigenvalue weighted by atomic mass is 19.4. The summed E-state index contributed by atoms with van der Waals surface area (Å²) in [6.45, 7) is 2.04. The van der Waals surface area contributed by atoms with Gasteiger partial charge in [-0.25, -0.2) is 4.68 Å². The second kappa shape index (κ2) is 5.27. The standard InChI is InChI=1S/C9H13F4N3/c1-2-3-4-5-6-16-7(9(11,12)13)8(10)14-15-16/h2-6H2,1H3. The Bertz CT molecular complexity index is 332. The number of nitrogens with zero attached hydrogens (tertiary/aromatic N) is 3. The molecule has 0 unspecified atom stereocenters. The minimum Gasteiger partial charge on any atom is -0.237 e. The Labute approximate surface area is 90.4 Å².